The fraction of sp³-hybridized carbons (Fsp3) is 0.500. The van der Waals surface area contributed by atoms with Crippen LogP contribution >= 0.6 is 0 Å². The van der Waals surface area contributed by atoms with Gasteiger partial charge in [-0.3, -0.25) is 10.2 Å². The Balaban J connectivity index is 1.88. The summed E-state index contributed by atoms with van der Waals surface area (Å²) < 4.78 is 33.2. The van der Waals surface area contributed by atoms with Crippen LogP contribution in [-0.4, -0.2) is 51.2 Å². The van der Waals surface area contributed by atoms with Gasteiger partial charge in [0.05, 0.1) is 0 Å². The summed E-state index contributed by atoms with van der Waals surface area (Å²) in [6.07, 6.45) is 3.68. The molecule has 0 bridgehead atoms. The zero-order valence-electron chi connectivity index (χ0n) is 12.6. The van der Waals surface area contributed by atoms with Gasteiger partial charge in [0.25, 0.3) is 5.91 Å². The van der Waals surface area contributed by atoms with Crippen LogP contribution in [0.4, 0.5) is 0 Å². The van der Waals surface area contributed by atoms with Crippen molar-refractivity contribution in [1.82, 2.24) is 24.3 Å². The van der Waals surface area contributed by atoms with Crippen molar-refractivity contribution in [2.75, 3.05) is 12.0 Å². The highest BCUT2D eigenvalue weighted by Gasteiger charge is 2.42. The molecule has 11 heteroatoms. The van der Waals surface area contributed by atoms with Gasteiger partial charge in [-0.25, -0.2) is 13.1 Å². The van der Waals surface area contributed by atoms with Crippen LogP contribution in [0.5, 0.6) is 0 Å². The van der Waals surface area contributed by atoms with E-state index in [1.807, 2.05) is 0 Å². The van der Waals surface area contributed by atoms with Gasteiger partial charge in [-0.15, -0.1) is 10.2 Å². The zero-order chi connectivity index (χ0) is 16.6. The molecule has 0 radical (unpaired) electrons. The second kappa shape index (κ2) is 5.74. The molecule has 0 spiro atoms. The average Bonchev–Trinajstić information content (AvgIpc) is 3.20. The topological polar surface area (TPSA) is 123 Å². The van der Waals surface area contributed by atoms with E-state index in [-0.39, 0.29) is 22.9 Å². The molecule has 1 saturated heterocycles. The number of rotatable bonds is 4. The van der Waals surface area contributed by atoms with Crippen LogP contribution in [0.1, 0.15) is 24.3 Å². The molecule has 1 unspecified atom stereocenters. The summed E-state index contributed by atoms with van der Waals surface area (Å²) in [7, 11) is -3.85. The van der Waals surface area contributed by atoms with Gasteiger partial charge in [-0.2, -0.15) is 4.31 Å². The molecule has 2 aromatic rings. The first-order valence-corrected chi connectivity index (χ1v) is 8.45. The molecule has 3 rings (SSSR count). The number of nitrogens with one attached hydrogen (secondary N) is 1. The van der Waals surface area contributed by atoms with Crippen LogP contribution in [-0.2, 0) is 14.8 Å². The first-order valence-electron chi connectivity index (χ1n) is 7.01. The van der Waals surface area contributed by atoms with Crippen molar-refractivity contribution in [1.29, 1.82) is 0 Å². The third kappa shape index (κ3) is 2.72. The quantitative estimate of drug-likeness (QED) is 0.818. The number of carbonyl (C=O) groups is 1. The van der Waals surface area contributed by atoms with Crippen molar-refractivity contribution < 1.29 is 17.7 Å². The van der Waals surface area contributed by atoms with Gasteiger partial charge in [0.15, 0.2) is 5.76 Å². The normalized spacial score (nSPS) is 19.1. The summed E-state index contributed by atoms with van der Waals surface area (Å²) in [5.74, 6) is -0.218. The molecular weight excluding hydrogens is 324 g/mol. The number of nitrogens with zero attached hydrogens (tertiary/aromatic N) is 5. The number of sulfonamides is 1. The van der Waals surface area contributed by atoms with E-state index in [0.29, 0.717) is 12.8 Å². The minimum atomic E-state index is -3.85. The van der Waals surface area contributed by atoms with E-state index < -0.39 is 22.0 Å². The third-order valence-electron chi connectivity index (χ3n) is 3.70. The van der Waals surface area contributed by atoms with Crippen LogP contribution in [0.3, 0.4) is 0 Å². The number of aromatic nitrogens is 4. The Morgan fingerprint density at radius 3 is 2.65 bits per heavy atom. The van der Waals surface area contributed by atoms with Gasteiger partial charge in [-0.05, 0) is 26.7 Å². The predicted molar refractivity (Wildman–Crippen MR) is 77.3 cm³/mol. The van der Waals surface area contributed by atoms with Crippen molar-refractivity contribution in [2.45, 2.75) is 37.6 Å². The lowest BCUT2D eigenvalue weighted by atomic mass is 10.2. The van der Waals surface area contributed by atoms with Crippen molar-refractivity contribution >= 4 is 15.9 Å². The van der Waals surface area contributed by atoms with Gasteiger partial charge < -0.3 is 4.52 Å². The molecule has 23 heavy (non-hydrogen) atoms. The minimum Gasteiger partial charge on any atom is -0.360 e. The minimum absolute atomic E-state index is 0.0292. The van der Waals surface area contributed by atoms with E-state index in [9.17, 15) is 13.2 Å². The molecule has 2 aromatic heterocycles. The third-order valence-corrected chi connectivity index (χ3v) is 5.85. The van der Waals surface area contributed by atoms with Crippen LogP contribution in [0.2, 0.25) is 0 Å². The standard InChI is InChI=1S/C12H16N6O4S/c1-8-11(9(2)22-16-8)23(20,21)18-5-3-4-10(18)12(19)15-17-6-13-14-7-17/h6-7,10H,3-5H2,1-2H3,(H,15,19). The zero-order valence-corrected chi connectivity index (χ0v) is 13.4. The Bertz CT molecular complexity index is 793. The molecule has 10 nitrogen and oxygen atoms in total. The Labute approximate surface area is 132 Å². The van der Waals surface area contributed by atoms with E-state index in [2.05, 4.69) is 20.8 Å². The summed E-state index contributed by atoms with van der Waals surface area (Å²) in [5, 5.41) is 10.8. The molecule has 1 N–H and O–H groups in total. The number of aryl methyl sites for hydroxylation is 2. The summed E-state index contributed by atoms with van der Waals surface area (Å²) in [4.78, 5) is 12.4. The molecule has 0 aromatic carbocycles. The van der Waals surface area contributed by atoms with E-state index in [0.717, 1.165) is 0 Å². The fourth-order valence-electron chi connectivity index (χ4n) is 2.71. The van der Waals surface area contributed by atoms with Crippen LogP contribution < -0.4 is 5.43 Å². The van der Waals surface area contributed by atoms with Gasteiger partial charge >= 0.3 is 0 Å². The number of amides is 1. The maximum atomic E-state index is 12.9. The lowest BCUT2D eigenvalue weighted by Gasteiger charge is -2.23. The van der Waals surface area contributed by atoms with Crippen molar-refractivity contribution in [3.05, 3.63) is 24.1 Å². The van der Waals surface area contributed by atoms with E-state index in [1.54, 1.807) is 6.92 Å². The fourth-order valence-corrected chi connectivity index (χ4v) is 4.66. The average molecular weight is 340 g/mol. The second-order valence-corrected chi connectivity index (χ2v) is 7.10. The molecule has 1 atom stereocenters. The highest BCUT2D eigenvalue weighted by atomic mass is 32.2. The molecule has 0 aliphatic carbocycles. The summed E-state index contributed by atoms with van der Waals surface area (Å²) in [6, 6.07) is -0.795. The largest absolute Gasteiger partial charge is 0.360 e. The smallest absolute Gasteiger partial charge is 0.257 e. The molecule has 1 aliphatic rings. The maximum Gasteiger partial charge on any atom is 0.257 e. The summed E-state index contributed by atoms with van der Waals surface area (Å²) >= 11 is 0. The van der Waals surface area contributed by atoms with Gasteiger partial charge in [-0.1, -0.05) is 5.16 Å². The van der Waals surface area contributed by atoms with E-state index in [4.69, 9.17) is 4.52 Å². The van der Waals surface area contributed by atoms with Crippen LogP contribution in [0.25, 0.3) is 0 Å². The number of hydrogen-bond acceptors (Lipinski definition) is 7. The Morgan fingerprint density at radius 2 is 2.04 bits per heavy atom. The second-order valence-electron chi connectivity index (χ2n) is 5.27. The SMILES string of the molecule is Cc1noc(C)c1S(=O)(=O)N1CCCC1C(=O)Nn1cnnc1. The monoisotopic (exact) mass is 340 g/mol. The highest BCUT2D eigenvalue weighted by molar-refractivity contribution is 7.89. The molecule has 124 valence electrons. The van der Waals surface area contributed by atoms with Gasteiger partial charge in [0.1, 0.15) is 29.3 Å². The molecule has 3 heterocycles. The molecule has 1 aliphatic heterocycles. The molecule has 0 saturated carbocycles. The van der Waals surface area contributed by atoms with Gasteiger partial charge in [0, 0.05) is 6.54 Å². The highest BCUT2D eigenvalue weighted by Crippen LogP contribution is 2.29. The summed E-state index contributed by atoms with van der Waals surface area (Å²) in [6.45, 7) is 3.37. The van der Waals surface area contributed by atoms with E-state index in [1.165, 1.54) is 28.6 Å². The molecule has 1 amide bonds. The van der Waals surface area contributed by atoms with Crippen molar-refractivity contribution in [3.8, 4) is 0 Å². The lowest BCUT2D eigenvalue weighted by molar-refractivity contribution is -0.120. The van der Waals surface area contributed by atoms with Crippen molar-refractivity contribution in [2.24, 2.45) is 0 Å². The predicted octanol–water partition coefficient (Wildman–Crippen LogP) is -0.194. The molecular formula is C12H16N6O4S. The first-order chi connectivity index (χ1) is 10.9. The maximum absolute atomic E-state index is 12.9. The van der Waals surface area contributed by atoms with Gasteiger partial charge in [0.2, 0.25) is 10.0 Å². The Kier molecular flexibility index (Phi) is 3.90. The number of carbonyl (C=O) groups excluding carboxylic acids is 1. The molecule has 1 fully saturated rings. The Morgan fingerprint density at radius 1 is 1.35 bits per heavy atom. The summed E-state index contributed by atoms with van der Waals surface area (Å²) in [5.41, 5.74) is 2.83. The Hall–Kier alpha value is -2.27. The first kappa shape index (κ1) is 15.6. The number of hydrogen-bond donors (Lipinski definition) is 1. The van der Waals surface area contributed by atoms with Crippen LogP contribution in [0, 0.1) is 13.8 Å². The van der Waals surface area contributed by atoms with Crippen molar-refractivity contribution in [3.63, 3.8) is 0 Å². The van der Waals surface area contributed by atoms with Crippen LogP contribution in [0.15, 0.2) is 22.1 Å². The van der Waals surface area contributed by atoms with E-state index >= 15 is 0 Å². The lowest BCUT2D eigenvalue weighted by Crippen LogP contribution is -2.45.